The van der Waals surface area contributed by atoms with Crippen LogP contribution in [-0.4, -0.2) is 26.7 Å². The van der Waals surface area contributed by atoms with Crippen molar-refractivity contribution in [1.29, 1.82) is 0 Å². The summed E-state index contributed by atoms with van der Waals surface area (Å²) >= 11 is 0. The van der Waals surface area contributed by atoms with Crippen molar-refractivity contribution in [1.82, 2.24) is 9.78 Å². The zero-order chi connectivity index (χ0) is 13.9. The Morgan fingerprint density at radius 2 is 2.28 bits per heavy atom. The highest BCUT2D eigenvalue weighted by atomic mass is 16.6. The quantitative estimate of drug-likeness (QED) is 0.569. The van der Waals surface area contributed by atoms with E-state index < -0.39 is 10.8 Å². The van der Waals surface area contributed by atoms with Crippen molar-refractivity contribution in [2.45, 2.75) is 32.7 Å². The molecule has 100 valence electrons. The van der Waals surface area contributed by atoms with Gasteiger partial charge < -0.3 is 11.1 Å². The number of aromatic nitrogens is 2. The number of amides is 1. The van der Waals surface area contributed by atoms with E-state index in [-0.39, 0.29) is 18.2 Å². The lowest BCUT2D eigenvalue weighted by molar-refractivity contribution is -0.384. The maximum absolute atomic E-state index is 11.0. The second kappa shape index (κ2) is 5.48. The van der Waals surface area contributed by atoms with Crippen LogP contribution >= 0.6 is 0 Å². The second-order valence-electron chi connectivity index (χ2n) is 4.09. The third-order valence-electron chi connectivity index (χ3n) is 2.50. The van der Waals surface area contributed by atoms with Gasteiger partial charge in [-0.2, -0.15) is 5.10 Å². The predicted molar refractivity (Wildman–Crippen MR) is 66.1 cm³/mol. The molecule has 0 spiro atoms. The Labute approximate surface area is 104 Å². The van der Waals surface area contributed by atoms with E-state index in [2.05, 4.69) is 10.4 Å². The van der Waals surface area contributed by atoms with Crippen LogP contribution in [0, 0.1) is 10.1 Å². The zero-order valence-corrected chi connectivity index (χ0v) is 10.6. The van der Waals surface area contributed by atoms with Gasteiger partial charge in [-0.1, -0.05) is 6.92 Å². The molecule has 0 aliphatic carbocycles. The molecule has 1 atom stereocenters. The van der Waals surface area contributed by atoms with Gasteiger partial charge in [0.15, 0.2) is 0 Å². The minimum absolute atomic E-state index is 0.0451. The summed E-state index contributed by atoms with van der Waals surface area (Å²) in [5.41, 5.74) is 5.45. The van der Waals surface area contributed by atoms with Crippen molar-refractivity contribution in [3.05, 3.63) is 15.8 Å². The van der Waals surface area contributed by atoms with E-state index in [9.17, 15) is 14.9 Å². The Kier molecular flexibility index (Phi) is 4.24. The molecule has 0 saturated heterocycles. The van der Waals surface area contributed by atoms with Crippen molar-refractivity contribution in [3.63, 3.8) is 0 Å². The van der Waals surface area contributed by atoms with Crippen LogP contribution in [0.25, 0.3) is 0 Å². The third kappa shape index (κ3) is 2.96. The number of carbonyl (C=O) groups is 1. The molecule has 1 aromatic rings. The predicted octanol–water partition coefficient (Wildman–Crippen LogP) is 0.567. The van der Waals surface area contributed by atoms with Crippen molar-refractivity contribution in [2.24, 2.45) is 12.8 Å². The molecule has 18 heavy (non-hydrogen) atoms. The largest absolute Gasteiger partial charge is 0.370 e. The minimum atomic E-state index is -0.467. The number of hydrogen-bond donors (Lipinski definition) is 2. The average Bonchev–Trinajstić information content (AvgIpc) is 2.54. The van der Waals surface area contributed by atoms with E-state index in [1.54, 1.807) is 20.9 Å². The van der Waals surface area contributed by atoms with Crippen LogP contribution in [0.5, 0.6) is 0 Å². The summed E-state index contributed by atoms with van der Waals surface area (Å²) in [6.07, 6.45) is 0.569. The first-order valence-corrected chi connectivity index (χ1v) is 5.61. The third-order valence-corrected chi connectivity index (χ3v) is 2.50. The Bertz CT molecular complexity index is 468. The van der Waals surface area contributed by atoms with Gasteiger partial charge in [0.1, 0.15) is 5.69 Å². The summed E-state index contributed by atoms with van der Waals surface area (Å²) in [5, 5.41) is 18.0. The molecule has 0 fully saturated rings. The SMILES string of the molecule is CCc1nn(C)c(NC(C)CC(N)=O)c1[N+](=O)[O-]. The molecule has 0 saturated carbocycles. The van der Waals surface area contributed by atoms with Gasteiger partial charge in [-0.15, -0.1) is 0 Å². The number of anilines is 1. The monoisotopic (exact) mass is 255 g/mol. The molecule has 0 aliphatic heterocycles. The highest BCUT2D eigenvalue weighted by Gasteiger charge is 2.26. The van der Waals surface area contributed by atoms with Crippen LogP contribution in [0.15, 0.2) is 0 Å². The van der Waals surface area contributed by atoms with Crippen molar-refractivity contribution in [2.75, 3.05) is 5.32 Å². The molecule has 8 nitrogen and oxygen atoms in total. The molecule has 0 aromatic carbocycles. The molecule has 0 bridgehead atoms. The maximum Gasteiger partial charge on any atom is 0.333 e. The standard InChI is InChI=1S/C10H17N5O3/c1-4-7-9(15(17)18)10(14(3)13-7)12-6(2)5-8(11)16/h6,12H,4-5H2,1-3H3,(H2,11,16). The fraction of sp³-hybridized carbons (Fsp3) is 0.600. The average molecular weight is 255 g/mol. The lowest BCUT2D eigenvalue weighted by Gasteiger charge is -2.12. The van der Waals surface area contributed by atoms with Crippen LogP contribution in [0.3, 0.4) is 0 Å². The lowest BCUT2D eigenvalue weighted by Crippen LogP contribution is -2.25. The van der Waals surface area contributed by atoms with Crippen LogP contribution < -0.4 is 11.1 Å². The molecule has 1 rings (SSSR count). The summed E-state index contributed by atoms with van der Waals surface area (Å²) in [7, 11) is 1.62. The first-order chi connectivity index (χ1) is 8.36. The molecular formula is C10H17N5O3. The highest BCUT2D eigenvalue weighted by molar-refractivity contribution is 5.75. The van der Waals surface area contributed by atoms with Gasteiger partial charge in [0.2, 0.25) is 11.7 Å². The van der Waals surface area contributed by atoms with Gasteiger partial charge >= 0.3 is 5.69 Å². The first kappa shape index (κ1) is 13.9. The summed E-state index contributed by atoms with van der Waals surface area (Å²) in [5.74, 6) is -0.166. The summed E-state index contributed by atoms with van der Waals surface area (Å²) < 4.78 is 1.41. The topological polar surface area (TPSA) is 116 Å². The van der Waals surface area contributed by atoms with Crippen LogP contribution in [0.2, 0.25) is 0 Å². The Hall–Kier alpha value is -2.12. The summed E-state index contributed by atoms with van der Waals surface area (Å²) in [4.78, 5) is 21.4. The van der Waals surface area contributed by atoms with E-state index in [1.807, 2.05) is 0 Å². The Balaban J connectivity index is 3.04. The van der Waals surface area contributed by atoms with Crippen molar-refractivity contribution < 1.29 is 9.72 Å². The van der Waals surface area contributed by atoms with Crippen LogP contribution in [0.1, 0.15) is 26.0 Å². The molecule has 0 radical (unpaired) electrons. The van der Waals surface area contributed by atoms with Gasteiger partial charge in [0.05, 0.1) is 4.92 Å². The molecule has 0 aliphatic rings. The van der Waals surface area contributed by atoms with E-state index in [0.29, 0.717) is 17.9 Å². The van der Waals surface area contributed by atoms with Crippen LogP contribution in [0.4, 0.5) is 11.5 Å². The van der Waals surface area contributed by atoms with E-state index in [0.717, 1.165) is 0 Å². The number of nitrogens with two attached hydrogens (primary N) is 1. The molecule has 1 heterocycles. The van der Waals surface area contributed by atoms with Gasteiger partial charge in [0, 0.05) is 19.5 Å². The van der Waals surface area contributed by atoms with Gasteiger partial charge in [-0.05, 0) is 13.3 Å². The number of nitrogens with one attached hydrogen (secondary N) is 1. The first-order valence-electron chi connectivity index (χ1n) is 5.61. The summed E-state index contributed by atoms with van der Waals surface area (Å²) in [6.45, 7) is 3.53. The Morgan fingerprint density at radius 1 is 1.67 bits per heavy atom. The second-order valence-corrected chi connectivity index (χ2v) is 4.09. The van der Waals surface area contributed by atoms with Crippen LogP contribution in [-0.2, 0) is 18.3 Å². The number of carbonyl (C=O) groups excluding carboxylic acids is 1. The zero-order valence-electron chi connectivity index (χ0n) is 10.6. The van der Waals surface area contributed by atoms with Gasteiger partial charge in [-0.3, -0.25) is 14.9 Å². The fourth-order valence-electron chi connectivity index (χ4n) is 1.75. The minimum Gasteiger partial charge on any atom is -0.370 e. The Morgan fingerprint density at radius 3 is 2.72 bits per heavy atom. The molecule has 8 heteroatoms. The number of aryl methyl sites for hydroxylation is 2. The number of nitrogens with zero attached hydrogens (tertiary/aromatic N) is 3. The number of primary amides is 1. The summed E-state index contributed by atoms with van der Waals surface area (Å²) in [6, 6.07) is -0.290. The fourth-order valence-corrected chi connectivity index (χ4v) is 1.75. The van der Waals surface area contributed by atoms with Crippen molar-refractivity contribution >= 4 is 17.4 Å². The highest BCUT2D eigenvalue weighted by Crippen LogP contribution is 2.29. The molecule has 1 unspecified atom stereocenters. The van der Waals surface area contributed by atoms with Gasteiger partial charge in [-0.25, -0.2) is 4.68 Å². The van der Waals surface area contributed by atoms with E-state index in [1.165, 1.54) is 4.68 Å². The van der Waals surface area contributed by atoms with Gasteiger partial charge in [0.25, 0.3) is 0 Å². The molecule has 1 amide bonds. The lowest BCUT2D eigenvalue weighted by atomic mass is 10.2. The number of rotatable bonds is 6. The van der Waals surface area contributed by atoms with E-state index >= 15 is 0 Å². The maximum atomic E-state index is 11.0. The molecular weight excluding hydrogens is 238 g/mol. The van der Waals surface area contributed by atoms with E-state index in [4.69, 9.17) is 5.73 Å². The molecule has 3 N–H and O–H groups in total. The molecule has 1 aromatic heterocycles. The smallest absolute Gasteiger partial charge is 0.333 e. The number of nitro groups is 1. The normalized spacial score (nSPS) is 12.2. The van der Waals surface area contributed by atoms with Crippen molar-refractivity contribution in [3.8, 4) is 0 Å². The number of hydrogen-bond acceptors (Lipinski definition) is 5.